The van der Waals surface area contributed by atoms with Crippen molar-refractivity contribution in [2.24, 2.45) is 0 Å². The number of hydrogen-bond acceptors (Lipinski definition) is 4. The largest absolute Gasteiger partial charge is 0.384 e. The topological polar surface area (TPSA) is 54.3 Å². The van der Waals surface area contributed by atoms with Crippen LogP contribution in [-0.4, -0.2) is 33.5 Å². The van der Waals surface area contributed by atoms with Crippen molar-refractivity contribution in [3.8, 4) is 6.07 Å². The van der Waals surface area contributed by atoms with Crippen molar-refractivity contribution in [2.45, 2.75) is 6.42 Å². The lowest BCUT2D eigenvalue weighted by atomic mass is 10.2. The summed E-state index contributed by atoms with van der Waals surface area (Å²) in [6.45, 7) is 2.72. The first-order valence-corrected chi connectivity index (χ1v) is 6.57. The van der Waals surface area contributed by atoms with Crippen LogP contribution in [-0.2, 0) is 9.47 Å². The van der Waals surface area contributed by atoms with Crippen molar-refractivity contribution in [1.29, 1.82) is 5.26 Å². The molecule has 0 aromatic heterocycles. The van der Waals surface area contributed by atoms with Gasteiger partial charge in [0.15, 0.2) is 0 Å². The molecule has 0 saturated carbocycles. The summed E-state index contributed by atoms with van der Waals surface area (Å²) in [5.41, 5.74) is 1.50. The van der Waals surface area contributed by atoms with Crippen molar-refractivity contribution >= 4 is 21.6 Å². The molecule has 0 aliphatic heterocycles. The van der Waals surface area contributed by atoms with Crippen molar-refractivity contribution in [1.82, 2.24) is 0 Å². The maximum atomic E-state index is 8.99. The second kappa shape index (κ2) is 8.92. The average molecular weight is 313 g/mol. The van der Waals surface area contributed by atoms with Gasteiger partial charge in [0.2, 0.25) is 0 Å². The van der Waals surface area contributed by atoms with E-state index in [0.29, 0.717) is 25.4 Å². The molecule has 0 aliphatic rings. The van der Waals surface area contributed by atoms with Crippen LogP contribution in [0, 0.1) is 11.3 Å². The zero-order valence-corrected chi connectivity index (χ0v) is 12.0. The lowest BCUT2D eigenvalue weighted by Crippen LogP contribution is -2.09. The molecule has 0 spiro atoms. The second-order valence-electron chi connectivity index (χ2n) is 3.69. The first-order chi connectivity index (χ1) is 8.77. The number of nitrogens with one attached hydrogen (secondary N) is 1. The van der Waals surface area contributed by atoms with Gasteiger partial charge >= 0.3 is 0 Å². The third kappa shape index (κ3) is 5.50. The summed E-state index contributed by atoms with van der Waals surface area (Å²) in [6, 6.07) is 7.78. The minimum Gasteiger partial charge on any atom is -0.384 e. The van der Waals surface area contributed by atoms with Gasteiger partial charge in [0.1, 0.15) is 6.07 Å². The average Bonchev–Trinajstić information content (AvgIpc) is 2.39. The quantitative estimate of drug-likeness (QED) is 0.750. The van der Waals surface area contributed by atoms with Crippen LogP contribution in [0.5, 0.6) is 0 Å². The zero-order valence-electron chi connectivity index (χ0n) is 10.4. The Hall–Kier alpha value is -1.09. The molecule has 5 heteroatoms. The van der Waals surface area contributed by atoms with Gasteiger partial charge in [-0.25, -0.2) is 0 Å². The Kier molecular flexibility index (Phi) is 7.42. The van der Waals surface area contributed by atoms with Crippen molar-refractivity contribution < 1.29 is 9.47 Å². The molecule has 18 heavy (non-hydrogen) atoms. The third-order valence-electron chi connectivity index (χ3n) is 2.31. The standard InChI is InChI=1S/C13H17BrN2O2/c1-17-7-8-18-6-2-5-16-13-4-3-12(14)9-11(13)10-15/h3-4,9,16H,2,5-8H2,1H3. The highest BCUT2D eigenvalue weighted by Crippen LogP contribution is 2.20. The van der Waals surface area contributed by atoms with Crippen LogP contribution in [0.2, 0.25) is 0 Å². The molecule has 0 atom stereocenters. The molecule has 1 N–H and O–H groups in total. The molecule has 0 aliphatic carbocycles. The Labute approximate surface area is 116 Å². The van der Waals surface area contributed by atoms with Gasteiger partial charge in [-0.3, -0.25) is 0 Å². The van der Waals surface area contributed by atoms with Gasteiger partial charge in [-0.2, -0.15) is 5.26 Å². The normalized spacial score (nSPS) is 10.1. The fourth-order valence-electron chi connectivity index (χ4n) is 1.40. The SMILES string of the molecule is COCCOCCCNc1ccc(Br)cc1C#N. The van der Waals surface area contributed by atoms with Gasteiger partial charge in [0.25, 0.3) is 0 Å². The number of hydrogen-bond donors (Lipinski definition) is 1. The summed E-state index contributed by atoms with van der Waals surface area (Å²) >= 11 is 3.34. The summed E-state index contributed by atoms with van der Waals surface area (Å²) in [5, 5.41) is 12.2. The van der Waals surface area contributed by atoms with Gasteiger partial charge in [0.05, 0.1) is 24.5 Å². The Morgan fingerprint density at radius 3 is 2.89 bits per heavy atom. The fraction of sp³-hybridized carbons (Fsp3) is 0.462. The predicted octanol–water partition coefficient (Wildman–Crippen LogP) is 2.79. The smallest absolute Gasteiger partial charge is 0.101 e. The fourth-order valence-corrected chi connectivity index (χ4v) is 1.77. The van der Waals surface area contributed by atoms with Crippen molar-refractivity contribution in [2.75, 3.05) is 38.8 Å². The summed E-state index contributed by atoms with van der Waals surface area (Å²) in [6.07, 6.45) is 0.893. The lowest BCUT2D eigenvalue weighted by molar-refractivity contribution is 0.0705. The van der Waals surface area contributed by atoms with Crippen LogP contribution < -0.4 is 5.32 Å². The molecular formula is C13H17BrN2O2. The molecule has 0 bridgehead atoms. The van der Waals surface area contributed by atoms with E-state index < -0.39 is 0 Å². The second-order valence-corrected chi connectivity index (χ2v) is 4.60. The van der Waals surface area contributed by atoms with E-state index in [1.54, 1.807) is 13.2 Å². The minimum absolute atomic E-state index is 0.623. The van der Waals surface area contributed by atoms with Crippen LogP contribution in [0.3, 0.4) is 0 Å². The Bertz CT molecular complexity index is 404. The van der Waals surface area contributed by atoms with Crippen LogP contribution >= 0.6 is 15.9 Å². The van der Waals surface area contributed by atoms with Gasteiger partial charge in [-0.15, -0.1) is 0 Å². The van der Waals surface area contributed by atoms with Crippen molar-refractivity contribution in [3.63, 3.8) is 0 Å². The van der Waals surface area contributed by atoms with E-state index in [0.717, 1.165) is 23.1 Å². The van der Waals surface area contributed by atoms with Crippen LogP contribution in [0.15, 0.2) is 22.7 Å². The van der Waals surface area contributed by atoms with E-state index in [9.17, 15) is 0 Å². The number of ether oxygens (including phenoxy) is 2. The maximum absolute atomic E-state index is 8.99. The monoisotopic (exact) mass is 312 g/mol. The molecular weight excluding hydrogens is 296 g/mol. The molecule has 0 saturated heterocycles. The first-order valence-electron chi connectivity index (χ1n) is 5.78. The van der Waals surface area contributed by atoms with Gasteiger partial charge in [0, 0.05) is 24.7 Å². The Morgan fingerprint density at radius 1 is 1.33 bits per heavy atom. The molecule has 0 amide bonds. The summed E-state index contributed by atoms with van der Waals surface area (Å²) < 4.78 is 11.1. The van der Waals surface area contributed by atoms with E-state index in [2.05, 4.69) is 27.3 Å². The molecule has 98 valence electrons. The maximum Gasteiger partial charge on any atom is 0.101 e. The number of nitriles is 1. The molecule has 0 unspecified atom stereocenters. The highest BCUT2D eigenvalue weighted by atomic mass is 79.9. The molecule has 1 aromatic carbocycles. The summed E-state index contributed by atoms with van der Waals surface area (Å²) in [5.74, 6) is 0. The number of anilines is 1. The summed E-state index contributed by atoms with van der Waals surface area (Å²) in [7, 11) is 1.65. The highest BCUT2D eigenvalue weighted by molar-refractivity contribution is 9.10. The highest BCUT2D eigenvalue weighted by Gasteiger charge is 2.01. The van der Waals surface area contributed by atoms with E-state index in [1.165, 1.54) is 0 Å². The minimum atomic E-state index is 0.623. The van der Waals surface area contributed by atoms with E-state index in [1.807, 2.05) is 12.1 Å². The number of rotatable bonds is 8. The van der Waals surface area contributed by atoms with Crippen LogP contribution in [0.25, 0.3) is 0 Å². The van der Waals surface area contributed by atoms with E-state index in [-0.39, 0.29) is 0 Å². The molecule has 4 nitrogen and oxygen atoms in total. The molecule has 1 rings (SSSR count). The van der Waals surface area contributed by atoms with Crippen molar-refractivity contribution in [3.05, 3.63) is 28.2 Å². The van der Waals surface area contributed by atoms with Crippen LogP contribution in [0.4, 0.5) is 5.69 Å². The summed E-state index contributed by atoms with van der Waals surface area (Å²) in [4.78, 5) is 0. The predicted molar refractivity (Wildman–Crippen MR) is 74.7 cm³/mol. The van der Waals surface area contributed by atoms with E-state index >= 15 is 0 Å². The van der Waals surface area contributed by atoms with Gasteiger partial charge < -0.3 is 14.8 Å². The number of methoxy groups -OCH3 is 1. The van der Waals surface area contributed by atoms with Gasteiger partial charge in [-0.05, 0) is 24.6 Å². The number of halogens is 1. The van der Waals surface area contributed by atoms with Gasteiger partial charge in [-0.1, -0.05) is 15.9 Å². The molecule has 0 radical (unpaired) electrons. The Morgan fingerprint density at radius 2 is 2.17 bits per heavy atom. The molecule has 0 fully saturated rings. The first kappa shape index (κ1) is 15.0. The molecule has 1 aromatic rings. The van der Waals surface area contributed by atoms with Crippen LogP contribution in [0.1, 0.15) is 12.0 Å². The Balaban J connectivity index is 2.25. The zero-order chi connectivity index (χ0) is 13.2. The lowest BCUT2D eigenvalue weighted by Gasteiger charge is -2.08. The van der Waals surface area contributed by atoms with E-state index in [4.69, 9.17) is 14.7 Å². The number of nitrogens with zero attached hydrogens (tertiary/aromatic N) is 1. The number of benzene rings is 1. The third-order valence-corrected chi connectivity index (χ3v) is 2.81. The molecule has 0 heterocycles.